The molecule has 0 amide bonds. The first-order valence-electron chi connectivity index (χ1n) is 3.10. The van der Waals surface area contributed by atoms with Crippen molar-refractivity contribution in [2.75, 3.05) is 12.4 Å². The van der Waals surface area contributed by atoms with Crippen molar-refractivity contribution in [1.82, 2.24) is 0 Å². The van der Waals surface area contributed by atoms with Gasteiger partial charge < -0.3 is 9.29 Å². The maximum absolute atomic E-state index is 10.0. The third-order valence-corrected chi connectivity index (χ3v) is 1.44. The Bertz CT molecular complexity index is 228. The minimum atomic E-state index is -4.13. The van der Waals surface area contributed by atoms with Crippen molar-refractivity contribution < 1.29 is 47.3 Å². The molecule has 0 aromatic carbocycles. The first kappa shape index (κ1) is 14.9. The molecule has 0 spiro atoms. The van der Waals surface area contributed by atoms with Crippen LogP contribution in [0.5, 0.6) is 0 Å². The van der Waals surface area contributed by atoms with Crippen molar-refractivity contribution in [3.05, 3.63) is 11.8 Å². The summed E-state index contributed by atoms with van der Waals surface area (Å²) in [6.45, 7) is 3.55. The van der Waals surface area contributed by atoms with E-state index < -0.39 is 15.9 Å². The minimum Gasteiger partial charge on any atom is -0.748 e. The van der Waals surface area contributed by atoms with Crippen LogP contribution in [0.3, 0.4) is 0 Å². The summed E-state index contributed by atoms with van der Waals surface area (Å²) < 4.78 is 34.8. The number of hydrogen-bond donors (Lipinski definition) is 0. The molecule has 0 N–H and O–H groups in total. The number of hydrogen-bond acceptors (Lipinski definition) is 4. The van der Waals surface area contributed by atoms with Crippen LogP contribution >= 0.6 is 0 Å². The summed E-state index contributed by atoms with van der Waals surface area (Å²) in [5.41, 5.74) is 0.924. The van der Waals surface area contributed by atoms with Crippen molar-refractivity contribution in [2.24, 2.45) is 0 Å². The summed E-state index contributed by atoms with van der Waals surface area (Å²) in [6, 6.07) is 0. The molecule has 4 nitrogen and oxygen atoms in total. The molecular formula is C6H11NaO4S. The van der Waals surface area contributed by atoms with E-state index in [-0.39, 0.29) is 36.2 Å². The van der Waals surface area contributed by atoms with Crippen LogP contribution in [0.2, 0.25) is 0 Å². The maximum atomic E-state index is 10.0. The van der Waals surface area contributed by atoms with Crippen LogP contribution in [0.15, 0.2) is 11.8 Å². The number of rotatable bonds is 4. The quantitative estimate of drug-likeness (QED) is 0.218. The summed E-state index contributed by atoms with van der Waals surface area (Å²) in [5.74, 6) is -0.475. The number of ether oxygens (including phenoxy) is 1. The van der Waals surface area contributed by atoms with Gasteiger partial charge in [-0.05, 0) is 19.4 Å². The zero-order chi connectivity index (χ0) is 8.91. The molecule has 0 aliphatic heterocycles. The van der Waals surface area contributed by atoms with Gasteiger partial charge in [0.1, 0.15) is 6.61 Å². The van der Waals surface area contributed by atoms with Crippen LogP contribution in [-0.2, 0) is 14.9 Å². The predicted octanol–water partition coefficient (Wildman–Crippen LogP) is -2.52. The van der Waals surface area contributed by atoms with E-state index in [4.69, 9.17) is 4.74 Å². The van der Waals surface area contributed by atoms with E-state index in [0.29, 0.717) is 0 Å². The molecule has 0 heterocycles. The van der Waals surface area contributed by atoms with Crippen LogP contribution in [0, 0.1) is 0 Å². The maximum Gasteiger partial charge on any atom is 1.00 e. The summed E-state index contributed by atoms with van der Waals surface area (Å²) >= 11 is 0. The van der Waals surface area contributed by atoms with Crippen LogP contribution in [0.1, 0.15) is 13.8 Å². The largest absolute Gasteiger partial charge is 1.00 e. The fourth-order valence-electron chi connectivity index (χ4n) is 0.376. The normalized spacial score (nSPS) is 9.92. The molecule has 6 heteroatoms. The Kier molecular flexibility index (Phi) is 8.61. The summed E-state index contributed by atoms with van der Waals surface area (Å²) in [4.78, 5) is 0. The zero-order valence-corrected chi connectivity index (χ0v) is 10.3. The molecule has 0 rings (SSSR count). The summed E-state index contributed by atoms with van der Waals surface area (Å²) in [7, 11) is -4.13. The Hall–Kier alpha value is 0.450. The average Bonchev–Trinajstić information content (AvgIpc) is 1.78. The van der Waals surface area contributed by atoms with E-state index in [2.05, 4.69) is 0 Å². The Balaban J connectivity index is 0. The van der Waals surface area contributed by atoms with Crippen molar-refractivity contribution in [1.29, 1.82) is 0 Å². The second kappa shape index (κ2) is 6.91. The van der Waals surface area contributed by atoms with Crippen LogP contribution in [0.4, 0.5) is 0 Å². The third kappa shape index (κ3) is 13.1. The van der Waals surface area contributed by atoms with Crippen LogP contribution in [0.25, 0.3) is 0 Å². The van der Waals surface area contributed by atoms with E-state index in [9.17, 15) is 13.0 Å². The standard InChI is InChI=1S/C6H12O4S.Na/c1-6(2)5-10-3-4-11(7,8)9;/h5H,3-4H2,1-2H3,(H,7,8,9);/q;+1/p-1. The van der Waals surface area contributed by atoms with Gasteiger partial charge in [-0.15, -0.1) is 0 Å². The monoisotopic (exact) mass is 202 g/mol. The molecule has 0 fully saturated rings. The molecule has 0 aromatic rings. The first-order valence-corrected chi connectivity index (χ1v) is 4.68. The number of allylic oxidation sites excluding steroid dienone is 1. The Labute approximate surface area is 95.0 Å². The fourth-order valence-corrected chi connectivity index (χ4v) is 0.676. The van der Waals surface area contributed by atoms with E-state index in [1.54, 1.807) is 0 Å². The van der Waals surface area contributed by atoms with Gasteiger partial charge in [-0.3, -0.25) is 0 Å². The molecule has 0 atom stereocenters. The van der Waals surface area contributed by atoms with E-state index in [0.717, 1.165) is 5.57 Å². The van der Waals surface area contributed by atoms with Gasteiger partial charge in [-0.25, -0.2) is 8.42 Å². The topological polar surface area (TPSA) is 66.4 Å². The summed E-state index contributed by atoms with van der Waals surface area (Å²) in [5, 5.41) is 0. The zero-order valence-electron chi connectivity index (χ0n) is 7.53. The Morgan fingerprint density at radius 1 is 1.50 bits per heavy atom. The van der Waals surface area contributed by atoms with Crippen molar-refractivity contribution in [2.45, 2.75) is 13.8 Å². The van der Waals surface area contributed by atoms with Gasteiger partial charge in [-0.2, -0.15) is 0 Å². The molecule has 0 unspecified atom stereocenters. The first-order chi connectivity index (χ1) is 4.92. The Morgan fingerprint density at radius 2 is 2.00 bits per heavy atom. The third-order valence-electron chi connectivity index (χ3n) is 0.770. The van der Waals surface area contributed by atoms with Gasteiger partial charge in [0, 0.05) is 0 Å². The van der Waals surface area contributed by atoms with Gasteiger partial charge in [-0.1, -0.05) is 0 Å². The fraction of sp³-hybridized carbons (Fsp3) is 0.667. The van der Waals surface area contributed by atoms with Gasteiger partial charge in [0.15, 0.2) is 0 Å². The summed E-state index contributed by atoms with van der Waals surface area (Å²) in [6.07, 6.45) is 1.42. The predicted molar refractivity (Wildman–Crippen MR) is 39.9 cm³/mol. The van der Waals surface area contributed by atoms with E-state index in [1.807, 2.05) is 13.8 Å². The molecule has 0 aliphatic rings. The minimum absolute atomic E-state index is 0. The van der Waals surface area contributed by atoms with Crippen molar-refractivity contribution in [3.63, 3.8) is 0 Å². The molecule has 0 aromatic heterocycles. The molecule has 66 valence electrons. The van der Waals surface area contributed by atoms with Crippen LogP contribution < -0.4 is 29.6 Å². The van der Waals surface area contributed by atoms with Gasteiger partial charge >= 0.3 is 29.6 Å². The second-order valence-corrected chi connectivity index (χ2v) is 3.85. The van der Waals surface area contributed by atoms with Crippen molar-refractivity contribution >= 4 is 10.1 Å². The second-order valence-electron chi connectivity index (χ2n) is 2.33. The Morgan fingerprint density at radius 3 is 2.33 bits per heavy atom. The van der Waals surface area contributed by atoms with Gasteiger partial charge in [0.2, 0.25) is 0 Å². The SMILES string of the molecule is CC(C)=COCCS(=O)(=O)[O-].[Na+]. The molecule has 0 radical (unpaired) electrons. The molecule has 12 heavy (non-hydrogen) atoms. The molecular weight excluding hydrogens is 191 g/mol. The smallest absolute Gasteiger partial charge is 0.748 e. The van der Waals surface area contributed by atoms with Gasteiger partial charge in [0.25, 0.3) is 0 Å². The molecule has 0 saturated heterocycles. The van der Waals surface area contributed by atoms with Crippen LogP contribution in [-0.4, -0.2) is 25.3 Å². The molecule has 0 aliphatic carbocycles. The van der Waals surface area contributed by atoms with E-state index >= 15 is 0 Å². The van der Waals surface area contributed by atoms with Gasteiger partial charge in [0.05, 0.1) is 22.1 Å². The van der Waals surface area contributed by atoms with E-state index in [1.165, 1.54) is 6.26 Å². The average molecular weight is 202 g/mol. The molecule has 0 saturated carbocycles. The molecule has 0 bridgehead atoms. The van der Waals surface area contributed by atoms with Crippen molar-refractivity contribution in [3.8, 4) is 0 Å².